The third-order valence-electron chi connectivity index (χ3n) is 2.17. The van der Waals surface area contributed by atoms with E-state index < -0.39 is 17.4 Å². The van der Waals surface area contributed by atoms with Crippen LogP contribution in [0.1, 0.15) is 30.9 Å². The van der Waals surface area contributed by atoms with Crippen molar-refractivity contribution in [2.24, 2.45) is 0 Å². The van der Waals surface area contributed by atoms with Gasteiger partial charge in [-0.05, 0) is 24.0 Å². The zero-order valence-corrected chi connectivity index (χ0v) is 8.91. The Morgan fingerprint density at radius 1 is 1.21 bits per heavy atom. The highest BCUT2D eigenvalue weighted by Gasteiger charge is 2.22. The van der Waals surface area contributed by atoms with Gasteiger partial charge in [-0.3, -0.25) is 0 Å². The zero-order valence-electron chi connectivity index (χ0n) is 8.16. The molecule has 0 fully saturated rings. The molecule has 1 N–H and O–H groups in total. The molecule has 0 radical (unpaired) electrons. The Hall–Kier alpha value is -0.830. The molecule has 0 amide bonds. The second kappa shape index (κ2) is 3.73. The van der Waals surface area contributed by atoms with Gasteiger partial charge in [-0.15, -0.1) is 0 Å². The monoisotopic (exact) mass is 220 g/mol. The van der Waals surface area contributed by atoms with Crippen molar-refractivity contribution in [2.75, 3.05) is 0 Å². The Kier molecular flexibility index (Phi) is 3.00. The van der Waals surface area contributed by atoms with Crippen molar-refractivity contribution in [2.45, 2.75) is 26.7 Å². The van der Waals surface area contributed by atoms with Gasteiger partial charge in [-0.1, -0.05) is 25.4 Å². The number of benzene rings is 1. The Bertz CT molecular complexity index is 346. The predicted molar refractivity (Wildman–Crippen MR) is 51.9 cm³/mol. The van der Waals surface area contributed by atoms with Gasteiger partial charge in [0.2, 0.25) is 5.82 Å². The number of aromatic hydroxyl groups is 1. The Morgan fingerprint density at radius 3 is 2.14 bits per heavy atom. The Balaban J connectivity index is 3.60. The first-order chi connectivity index (χ1) is 6.37. The molecule has 0 saturated carbocycles. The van der Waals surface area contributed by atoms with Gasteiger partial charge in [-0.2, -0.15) is 4.39 Å². The second-order valence-corrected chi connectivity index (χ2v) is 3.86. The minimum atomic E-state index is -1.28. The number of hydrogen-bond donors (Lipinski definition) is 1. The highest BCUT2D eigenvalue weighted by Crippen LogP contribution is 2.37. The van der Waals surface area contributed by atoms with Gasteiger partial charge in [0.1, 0.15) is 0 Å². The van der Waals surface area contributed by atoms with Crippen LogP contribution in [0, 0.1) is 18.6 Å². The molecule has 0 saturated heterocycles. The average molecular weight is 221 g/mol. The number of phenolic OH excluding ortho intramolecular Hbond substituents is 1. The molecule has 0 aromatic heterocycles. The molecule has 0 aliphatic carbocycles. The average Bonchev–Trinajstić information content (AvgIpc) is 2.11. The van der Waals surface area contributed by atoms with Gasteiger partial charge >= 0.3 is 0 Å². The fraction of sp³-hybridized carbons (Fsp3) is 0.400. The lowest BCUT2D eigenvalue weighted by atomic mass is 9.97. The molecular weight excluding hydrogens is 210 g/mol. The van der Waals surface area contributed by atoms with Crippen LogP contribution in [-0.4, -0.2) is 5.11 Å². The third-order valence-corrected chi connectivity index (χ3v) is 2.54. The molecule has 1 aromatic rings. The minimum absolute atomic E-state index is 0.0662. The number of phenols is 1. The van der Waals surface area contributed by atoms with Gasteiger partial charge in [0, 0.05) is 0 Å². The van der Waals surface area contributed by atoms with Crippen LogP contribution in [-0.2, 0) is 0 Å². The standard InChI is InChI=1S/C10H11ClF2O/c1-4(2)6-5(3)10(14)9(13)8(12)7(6)11/h4,14H,1-3H3. The lowest BCUT2D eigenvalue weighted by Gasteiger charge is -2.14. The maximum absolute atomic E-state index is 13.1. The lowest BCUT2D eigenvalue weighted by molar-refractivity contribution is 0.401. The van der Waals surface area contributed by atoms with Crippen LogP contribution < -0.4 is 0 Å². The van der Waals surface area contributed by atoms with Crippen molar-refractivity contribution >= 4 is 11.6 Å². The molecule has 4 heteroatoms. The van der Waals surface area contributed by atoms with E-state index >= 15 is 0 Å². The highest BCUT2D eigenvalue weighted by molar-refractivity contribution is 6.31. The summed E-state index contributed by atoms with van der Waals surface area (Å²) in [6.07, 6.45) is 0. The maximum atomic E-state index is 13.1. The lowest BCUT2D eigenvalue weighted by Crippen LogP contribution is -2.00. The van der Waals surface area contributed by atoms with Gasteiger partial charge in [0.25, 0.3) is 0 Å². The summed E-state index contributed by atoms with van der Waals surface area (Å²) in [5.41, 5.74) is 0.743. The van der Waals surface area contributed by atoms with Crippen molar-refractivity contribution in [1.82, 2.24) is 0 Å². The van der Waals surface area contributed by atoms with E-state index in [9.17, 15) is 13.9 Å². The minimum Gasteiger partial charge on any atom is -0.505 e. The van der Waals surface area contributed by atoms with Crippen LogP contribution in [0.15, 0.2) is 0 Å². The second-order valence-electron chi connectivity index (χ2n) is 3.48. The third kappa shape index (κ3) is 1.57. The summed E-state index contributed by atoms with van der Waals surface area (Å²) in [4.78, 5) is 0. The molecule has 0 aliphatic rings. The summed E-state index contributed by atoms with van der Waals surface area (Å²) in [5, 5.41) is 9.02. The Morgan fingerprint density at radius 2 is 1.71 bits per heavy atom. The normalized spacial score (nSPS) is 11.1. The highest BCUT2D eigenvalue weighted by atomic mass is 35.5. The quantitative estimate of drug-likeness (QED) is 0.715. The molecular formula is C10H11ClF2O. The van der Waals surface area contributed by atoms with E-state index in [1.54, 1.807) is 13.8 Å². The van der Waals surface area contributed by atoms with Crippen LogP contribution in [0.5, 0.6) is 5.75 Å². The van der Waals surface area contributed by atoms with E-state index in [1.807, 2.05) is 0 Å². The first-order valence-corrected chi connectivity index (χ1v) is 4.61. The van der Waals surface area contributed by atoms with E-state index in [-0.39, 0.29) is 10.9 Å². The topological polar surface area (TPSA) is 20.2 Å². The van der Waals surface area contributed by atoms with Gasteiger partial charge < -0.3 is 5.11 Å². The van der Waals surface area contributed by atoms with Crippen molar-refractivity contribution in [1.29, 1.82) is 0 Å². The predicted octanol–water partition coefficient (Wildman–Crippen LogP) is 3.76. The molecule has 1 nitrogen and oxygen atoms in total. The van der Waals surface area contributed by atoms with Gasteiger partial charge in [0.05, 0.1) is 5.02 Å². The van der Waals surface area contributed by atoms with Crippen LogP contribution in [0.3, 0.4) is 0 Å². The van der Waals surface area contributed by atoms with Crippen molar-refractivity contribution in [3.8, 4) is 5.75 Å². The fourth-order valence-electron chi connectivity index (χ4n) is 1.46. The number of rotatable bonds is 1. The first-order valence-electron chi connectivity index (χ1n) is 4.23. The zero-order chi connectivity index (χ0) is 11.0. The summed E-state index contributed by atoms with van der Waals surface area (Å²) >= 11 is 5.64. The van der Waals surface area contributed by atoms with Crippen molar-refractivity contribution in [3.63, 3.8) is 0 Å². The molecule has 0 aliphatic heterocycles. The summed E-state index contributed by atoms with van der Waals surface area (Å²) in [6.45, 7) is 5.11. The molecule has 0 heterocycles. The summed E-state index contributed by atoms with van der Waals surface area (Å²) in [5.74, 6) is -3.19. The summed E-state index contributed by atoms with van der Waals surface area (Å²) in [7, 11) is 0. The Labute approximate surface area is 86.3 Å². The van der Waals surface area contributed by atoms with Crippen LogP contribution in [0.25, 0.3) is 0 Å². The van der Waals surface area contributed by atoms with E-state index in [1.165, 1.54) is 6.92 Å². The van der Waals surface area contributed by atoms with Crippen LogP contribution in [0.2, 0.25) is 5.02 Å². The van der Waals surface area contributed by atoms with Gasteiger partial charge in [-0.25, -0.2) is 4.39 Å². The van der Waals surface area contributed by atoms with Crippen molar-refractivity contribution < 1.29 is 13.9 Å². The van der Waals surface area contributed by atoms with Crippen LogP contribution in [0.4, 0.5) is 8.78 Å². The van der Waals surface area contributed by atoms with E-state index in [0.717, 1.165) is 0 Å². The van der Waals surface area contributed by atoms with E-state index in [0.29, 0.717) is 11.1 Å². The number of halogens is 3. The fourth-order valence-corrected chi connectivity index (χ4v) is 1.90. The SMILES string of the molecule is Cc1c(O)c(F)c(F)c(Cl)c1C(C)C. The molecule has 1 rings (SSSR count). The van der Waals surface area contributed by atoms with Crippen LogP contribution >= 0.6 is 11.6 Å². The number of hydrogen-bond acceptors (Lipinski definition) is 1. The first kappa shape index (κ1) is 11.2. The molecule has 14 heavy (non-hydrogen) atoms. The molecule has 0 unspecified atom stereocenters. The van der Waals surface area contributed by atoms with E-state index in [2.05, 4.69) is 0 Å². The largest absolute Gasteiger partial charge is 0.505 e. The molecule has 0 bridgehead atoms. The molecule has 78 valence electrons. The smallest absolute Gasteiger partial charge is 0.202 e. The maximum Gasteiger partial charge on any atom is 0.202 e. The molecule has 0 spiro atoms. The van der Waals surface area contributed by atoms with Gasteiger partial charge in [0.15, 0.2) is 11.6 Å². The molecule has 0 atom stereocenters. The summed E-state index contributed by atoms with van der Waals surface area (Å²) in [6, 6.07) is 0. The summed E-state index contributed by atoms with van der Waals surface area (Å²) < 4.78 is 26.1. The van der Waals surface area contributed by atoms with E-state index in [4.69, 9.17) is 11.6 Å². The van der Waals surface area contributed by atoms with Crippen molar-refractivity contribution in [3.05, 3.63) is 27.8 Å². The molecule has 1 aromatic carbocycles.